The van der Waals surface area contributed by atoms with Gasteiger partial charge in [0, 0.05) is 16.7 Å². The summed E-state index contributed by atoms with van der Waals surface area (Å²) in [7, 11) is 3.13. The molecule has 1 aromatic heterocycles. The van der Waals surface area contributed by atoms with E-state index < -0.39 is 12.0 Å². The van der Waals surface area contributed by atoms with Crippen molar-refractivity contribution in [2.75, 3.05) is 20.8 Å². The summed E-state index contributed by atoms with van der Waals surface area (Å²) in [5.74, 6) is 0.680. The number of ether oxygens (including phenoxy) is 3. The highest BCUT2D eigenvalue weighted by atomic mass is 35.5. The normalized spacial score (nSPS) is 15.6. The highest BCUT2D eigenvalue weighted by molar-refractivity contribution is 7.07. The van der Waals surface area contributed by atoms with Crippen molar-refractivity contribution in [2.45, 2.75) is 19.9 Å². The molecule has 34 heavy (non-hydrogen) atoms. The average Bonchev–Trinajstić information content (AvgIpc) is 3.13. The quantitative estimate of drug-likeness (QED) is 0.486. The fourth-order valence-electron chi connectivity index (χ4n) is 3.86. The van der Waals surface area contributed by atoms with Crippen molar-refractivity contribution in [1.29, 1.82) is 0 Å². The van der Waals surface area contributed by atoms with Crippen molar-refractivity contribution < 1.29 is 19.0 Å². The molecule has 4 rings (SSSR count). The van der Waals surface area contributed by atoms with E-state index in [0.29, 0.717) is 42.7 Å². The van der Waals surface area contributed by atoms with E-state index in [9.17, 15) is 9.59 Å². The molecule has 1 aliphatic rings. The second kappa shape index (κ2) is 9.87. The van der Waals surface area contributed by atoms with Gasteiger partial charge < -0.3 is 14.2 Å². The Balaban J connectivity index is 1.97. The number of hydrogen-bond donors (Lipinski definition) is 0. The third kappa shape index (κ3) is 4.26. The molecule has 0 amide bonds. The van der Waals surface area contributed by atoms with Crippen molar-refractivity contribution in [3.8, 4) is 11.5 Å². The number of aromatic nitrogens is 1. The van der Waals surface area contributed by atoms with Gasteiger partial charge >= 0.3 is 5.97 Å². The Bertz CT molecular complexity index is 1470. The highest BCUT2D eigenvalue weighted by Gasteiger charge is 2.34. The lowest BCUT2D eigenvalue weighted by Crippen LogP contribution is -2.40. The second-order valence-electron chi connectivity index (χ2n) is 7.43. The van der Waals surface area contributed by atoms with Crippen molar-refractivity contribution in [2.24, 2.45) is 4.99 Å². The molecule has 0 saturated heterocycles. The van der Waals surface area contributed by atoms with Gasteiger partial charge in [-0.2, -0.15) is 0 Å². The zero-order valence-corrected chi connectivity index (χ0v) is 20.7. The number of benzene rings is 2. The van der Waals surface area contributed by atoms with Gasteiger partial charge in [-0.1, -0.05) is 41.1 Å². The summed E-state index contributed by atoms with van der Waals surface area (Å²) >= 11 is 7.76. The van der Waals surface area contributed by atoms with E-state index in [0.717, 1.165) is 0 Å². The molecule has 2 heterocycles. The minimum atomic E-state index is -0.760. The number of fused-ring (bicyclic) bond motifs is 1. The zero-order chi connectivity index (χ0) is 24.4. The summed E-state index contributed by atoms with van der Waals surface area (Å²) in [6.45, 7) is 3.67. The number of carbonyl (C=O) groups is 1. The van der Waals surface area contributed by atoms with Crippen LogP contribution in [-0.4, -0.2) is 31.4 Å². The Hall–Kier alpha value is -3.36. The van der Waals surface area contributed by atoms with Crippen molar-refractivity contribution in [3.05, 3.63) is 89.6 Å². The van der Waals surface area contributed by atoms with Crippen molar-refractivity contribution in [3.63, 3.8) is 0 Å². The van der Waals surface area contributed by atoms with E-state index >= 15 is 0 Å². The van der Waals surface area contributed by atoms with Crippen LogP contribution in [-0.2, 0) is 9.53 Å². The van der Waals surface area contributed by atoms with E-state index in [1.807, 2.05) is 12.1 Å². The zero-order valence-electron chi connectivity index (χ0n) is 19.1. The van der Waals surface area contributed by atoms with Crippen molar-refractivity contribution in [1.82, 2.24) is 4.57 Å². The summed E-state index contributed by atoms with van der Waals surface area (Å²) in [5.41, 5.74) is 1.82. The number of carbonyl (C=O) groups excluding carboxylic acids is 1. The lowest BCUT2D eigenvalue weighted by atomic mass is 9.96. The van der Waals surface area contributed by atoms with Crippen LogP contribution in [0.15, 0.2) is 63.5 Å². The molecule has 0 radical (unpaired) electrons. The molecule has 9 heteroatoms. The minimum Gasteiger partial charge on any atom is -0.497 e. The van der Waals surface area contributed by atoms with Crippen LogP contribution in [0.1, 0.15) is 31.0 Å². The Morgan fingerprint density at radius 1 is 1.21 bits per heavy atom. The van der Waals surface area contributed by atoms with E-state index in [1.165, 1.54) is 15.9 Å². The number of allylic oxidation sites excluding steroid dienone is 1. The number of nitrogens with zero attached hydrogens (tertiary/aromatic N) is 2. The lowest BCUT2D eigenvalue weighted by Gasteiger charge is -2.25. The molecule has 1 atom stereocenters. The molecule has 3 aromatic rings. The Labute approximate surface area is 205 Å². The molecule has 0 fully saturated rings. The van der Waals surface area contributed by atoms with Gasteiger partial charge in [0.25, 0.3) is 5.56 Å². The number of esters is 1. The van der Waals surface area contributed by atoms with Gasteiger partial charge in [-0.05, 0) is 43.7 Å². The van der Waals surface area contributed by atoms with Crippen LogP contribution >= 0.6 is 22.9 Å². The minimum absolute atomic E-state index is 0.201. The molecule has 7 nitrogen and oxygen atoms in total. The molecule has 0 spiro atoms. The van der Waals surface area contributed by atoms with E-state index in [4.69, 9.17) is 25.8 Å². The predicted molar refractivity (Wildman–Crippen MR) is 131 cm³/mol. The first-order valence-corrected chi connectivity index (χ1v) is 11.7. The van der Waals surface area contributed by atoms with E-state index in [2.05, 4.69) is 4.99 Å². The van der Waals surface area contributed by atoms with E-state index in [1.54, 1.807) is 64.5 Å². The van der Waals surface area contributed by atoms with Crippen LogP contribution in [0.25, 0.3) is 6.08 Å². The van der Waals surface area contributed by atoms with Gasteiger partial charge in [0.2, 0.25) is 0 Å². The second-order valence-corrected chi connectivity index (χ2v) is 8.85. The summed E-state index contributed by atoms with van der Waals surface area (Å²) < 4.78 is 18.0. The maximum absolute atomic E-state index is 13.7. The van der Waals surface area contributed by atoms with Crippen LogP contribution in [0.2, 0.25) is 5.02 Å². The standard InChI is InChI=1S/C25H23ClN2O5S/c1-5-33-24(30)21-14(2)27-25-28(22(21)17-8-6-7-9-18(17)26)23(29)20(34-25)12-15-10-11-16(31-3)13-19(15)32-4/h6-13,22H,5H2,1-4H3. The topological polar surface area (TPSA) is 79.1 Å². The molecule has 0 bridgehead atoms. The molecule has 1 unspecified atom stereocenters. The Kier molecular flexibility index (Phi) is 6.90. The molecular weight excluding hydrogens is 476 g/mol. The number of hydrogen-bond acceptors (Lipinski definition) is 7. The number of thiazole rings is 1. The first kappa shape index (κ1) is 23.8. The third-order valence-corrected chi connectivity index (χ3v) is 6.77. The molecule has 2 aromatic carbocycles. The number of halogens is 1. The van der Waals surface area contributed by atoms with Gasteiger partial charge in [0.1, 0.15) is 17.5 Å². The molecule has 176 valence electrons. The molecule has 0 aliphatic carbocycles. The van der Waals surface area contributed by atoms with Gasteiger partial charge in [0.05, 0.1) is 36.6 Å². The average molecular weight is 499 g/mol. The van der Waals surface area contributed by atoms with Crippen LogP contribution < -0.4 is 24.4 Å². The fourth-order valence-corrected chi connectivity index (χ4v) is 5.14. The molecule has 0 saturated carbocycles. The van der Waals surface area contributed by atoms with Gasteiger partial charge in [-0.25, -0.2) is 9.79 Å². The first-order chi connectivity index (χ1) is 16.4. The number of rotatable bonds is 6. The summed E-state index contributed by atoms with van der Waals surface area (Å²) in [5, 5.41) is 0.440. The molecule has 1 aliphatic heterocycles. The van der Waals surface area contributed by atoms with Crippen molar-refractivity contribution >= 4 is 35.0 Å². The highest BCUT2D eigenvalue weighted by Crippen LogP contribution is 2.34. The Morgan fingerprint density at radius 2 is 1.97 bits per heavy atom. The summed E-state index contributed by atoms with van der Waals surface area (Å²) in [4.78, 5) is 31.6. The monoisotopic (exact) mass is 498 g/mol. The number of methoxy groups -OCH3 is 2. The SMILES string of the molecule is CCOC(=O)C1=C(C)N=c2sc(=Cc3ccc(OC)cc3OC)c(=O)n2C1c1ccccc1Cl. The van der Waals surface area contributed by atoms with E-state index in [-0.39, 0.29) is 17.7 Å². The summed E-state index contributed by atoms with van der Waals surface area (Å²) in [6, 6.07) is 11.7. The van der Waals surface area contributed by atoms with Gasteiger partial charge in [-0.15, -0.1) is 0 Å². The largest absolute Gasteiger partial charge is 0.497 e. The third-order valence-electron chi connectivity index (χ3n) is 5.44. The molecule has 0 N–H and O–H groups in total. The summed E-state index contributed by atoms with van der Waals surface area (Å²) in [6.07, 6.45) is 1.75. The lowest BCUT2D eigenvalue weighted by molar-refractivity contribution is -0.139. The molecular formula is C25H23ClN2O5S. The predicted octanol–water partition coefficient (Wildman–Crippen LogP) is 3.47. The Morgan fingerprint density at radius 3 is 2.65 bits per heavy atom. The fraction of sp³-hybridized carbons (Fsp3) is 0.240. The maximum atomic E-state index is 13.7. The van der Waals surface area contributed by atoms with Crippen LogP contribution in [0, 0.1) is 0 Å². The van der Waals surface area contributed by atoms with Crippen LogP contribution in [0.4, 0.5) is 0 Å². The first-order valence-electron chi connectivity index (χ1n) is 10.6. The smallest absolute Gasteiger partial charge is 0.338 e. The van der Waals surface area contributed by atoms with Crippen LogP contribution in [0.3, 0.4) is 0 Å². The van der Waals surface area contributed by atoms with Gasteiger partial charge in [0.15, 0.2) is 4.80 Å². The van der Waals surface area contributed by atoms with Crippen LogP contribution in [0.5, 0.6) is 11.5 Å². The maximum Gasteiger partial charge on any atom is 0.338 e. The van der Waals surface area contributed by atoms with Gasteiger partial charge in [-0.3, -0.25) is 9.36 Å².